The Morgan fingerprint density at radius 3 is 1.72 bits per heavy atom. The van der Waals surface area contributed by atoms with Gasteiger partial charge in [-0.3, -0.25) is 0 Å². The molecule has 0 aliphatic heterocycles. The first-order valence-electron chi connectivity index (χ1n) is 8.48. The molecule has 2 aromatic carbocycles. The highest BCUT2D eigenvalue weighted by atomic mass is 35.5. The Kier molecular flexibility index (Phi) is 4.02. The zero-order valence-electron chi connectivity index (χ0n) is 13.8. The van der Waals surface area contributed by atoms with Crippen LogP contribution in [0.15, 0.2) is 53.4 Å². The summed E-state index contributed by atoms with van der Waals surface area (Å²) in [6.07, 6.45) is 5.97. The van der Waals surface area contributed by atoms with Crippen molar-refractivity contribution in [3.63, 3.8) is 0 Å². The van der Waals surface area contributed by atoms with Crippen LogP contribution in [0, 0.1) is 5.41 Å². The first kappa shape index (κ1) is 16.8. The van der Waals surface area contributed by atoms with Crippen molar-refractivity contribution in [2.45, 2.75) is 37.0 Å². The van der Waals surface area contributed by atoms with Crippen molar-refractivity contribution in [2.75, 3.05) is 0 Å². The molecule has 130 valence electrons. The SMILES string of the molecule is NS(=O)(=O)c1ccc(C2=C(c3ccc(Cl)cc3)CC3(CCC3)C2)cc1. The zero-order chi connectivity index (χ0) is 17.7. The van der Waals surface area contributed by atoms with Crippen molar-refractivity contribution < 1.29 is 8.42 Å². The summed E-state index contributed by atoms with van der Waals surface area (Å²) < 4.78 is 23.0. The molecule has 25 heavy (non-hydrogen) atoms. The van der Waals surface area contributed by atoms with E-state index in [9.17, 15) is 8.42 Å². The first-order chi connectivity index (χ1) is 11.9. The highest BCUT2D eigenvalue weighted by Gasteiger charge is 2.43. The molecule has 4 rings (SSSR count). The van der Waals surface area contributed by atoms with Crippen LogP contribution in [0.4, 0.5) is 0 Å². The molecule has 1 saturated carbocycles. The maximum Gasteiger partial charge on any atom is 0.238 e. The van der Waals surface area contributed by atoms with Crippen LogP contribution >= 0.6 is 11.6 Å². The summed E-state index contributed by atoms with van der Waals surface area (Å²) in [5, 5.41) is 5.95. The van der Waals surface area contributed by atoms with E-state index < -0.39 is 10.0 Å². The average molecular weight is 374 g/mol. The number of hydrogen-bond donors (Lipinski definition) is 1. The molecule has 0 atom stereocenters. The summed E-state index contributed by atoms with van der Waals surface area (Å²) in [6.45, 7) is 0. The van der Waals surface area contributed by atoms with Crippen LogP contribution in [-0.2, 0) is 10.0 Å². The van der Waals surface area contributed by atoms with E-state index in [1.807, 2.05) is 24.3 Å². The lowest BCUT2D eigenvalue weighted by molar-refractivity contribution is 0.157. The second-order valence-corrected chi connectivity index (χ2v) is 9.24. The highest BCUT2D eigenvalue weighted by molar-refractivity contribution is 7.89. The third-order valence-corrected chi connectivity index (χ3v) is 6.79. The van der Waals surface area contributed by atoms with Gasteiger partial charge in [0, 0.05) is 5.02 Å². The summed E-state index contributed by atoms with van der Waals surface area (Å²) in [7, 11) is -3.66. The number of primary sulfonamides is 1. The fraction of sp³-hybridized carbons (Fsp3) is 0.300. The van der Waals surface area contributed by atoms with Crippen LogP contribution in [0.3, 0.4) is 0 Å². The van der Waals surface area contributed by atoms with E-state index in [1.165, 1.54) is 36.0 Å². The van der Waals surface area contributed by atoms with Crippen LogP contribution in [0.2, 0.25) is 5.02 Å². The van der Waals surface area contributed by atoms with Crippen molar-refractivity contribution in [2.24, 2.45) is 10.6 Å². The van der Waals surface area contributed by atoms with Gasteiger partial charge in [-0.15, -0.1) is 0 Å². The van der Waals surface area contributed by atoms with Crippen molar-refractivity contribution in [3.05, 3.63) is 64.7 Å². The third-order valence-electron chi connectivity index (χ3n) is 5.61. The summed E-state index contributed by atoms with van der Waals surface area (Å²) in [4.78, 5) is 0.154. The van der Waals surface area contributed by atoms with Gasteiger partial charge in [0.2, 0.25) is 10.0 Å². The number of benzene rings is 2. The standard InChI is InChI=1S/C20H20ClNO2S/c21-16-6-2-14(3-7-16)18-12-20(10-1-11-20)13-19(18)15-4-8-17(9-5-15)25(22,23)24/h2-9H,1,10-13H2,(H2,22,23,24). The van der Waals surface area contributed by atoms with E-state index in [0.29, 0.717) is 5.41 Å². The van der Waals surface area contributed by atoms with Crippen LogP contribution in [0.1, 0.15) is 43.2 Å². The van der Waals surface area contributed by atoms with Gasteiger partial charge in [-0.25, -0.2) is 13.6 Å². The third kappa shape index (κ3) is 3.14. The Morgan fingerprint density at radius 2 is 1.32 bits per heavy atom. The number of halogens is 1. The summed E-state index contributed by atoms with van der Waals surface area (Å²) >= 11 is 6.04. The Labute approximate surface area is 153 Å². The maximum atomic E-state index is 11.5. The Morgan fingerprint density at radius 1 is 0.840 bits per heavy atom. The van der Waals surface area contributed by atoms with Crippen LogP contribution in [-0.4, -0.2) is 8.42 Å². The molecule has 2 N–H and O–H groups in total. The van der Waals surface area contributed by atoms with Gasteiger partial charge in [-0.1, -0.05) is 42.3 Å². The Balaban J connectivity index is 1.77. The van der Waals surface area contributed by atoms with Crippen LogP contribution in [0.5, 0.6) is 0 Å². The lowest BCUT2D eigenvalue weighted by Gasteiger charge is -2.39. The highest BCUT2D eigenvalue weighted by Crippen LogP contribution is 2.59. The van der Waals surface area contributed by atoms with Gasteiger partial charge in [0.1, 0.15) is 0 Å². The summed E-state index contributed by atoms with van der Waals surface area (Å²) in [5.74, 6) is 0. The van der Waals surface area contributed by atoms with E-state index in [-0.39, 0.29) is 4.90 Å². The van der Waals surface area contributed by atoms with E-state index in [2.05, 4.69) is 12.1 Å². The molecule has 2 aliphatic rings. The topological polar surface area (TPSA) is 60.2 Å². The smallest absolute Gasteiger partial charge is 0.225 e. The fourth-order valence-electron chi connectivity index (χ4n) is 4.11. The molecular formula is C20H20ClNO2S. The largest absolute Gasteiger partial charge is 0.238 e. The summed E-state index contributed by atoms with van der Waals surface area (Å²) in [6, 6.07) is 15.0. The molecule has 2 aliphatic carbocycles. The quantitative estimate of drug-likeness (QED) is 0.834. The van der Waals surface area contributed by atoms with Gasteiger partial charge >= 0.3 is 0 Å². The van der Waals surface area contributed by atoms with Crippen molar-refractivity contribution in [1.82, 2.24) is 0 Å². The molecule has 0 heterocycles. The monoisotopic (exact) mass is 373 g/mol. The second kappa shape index (κ2) is 5.97. The first-order valence-corrected chi connectivity index (χ1v) is 10.4. The average Bonchev–Trinajstić information content (AvgIpc) is 2.96. The maximum absolute atomic E-state index is 11.5. The van der Waals surface area contributed by atoms with Gasteiger partial charge in [-0.05, 0) is 77.6 Å². The minimum Gasteiger partial charge on any atom is -0.225 e. The zero-order valence-corrected chi connectivity index (χ0v) is 15.4. The molecule has 2 aromatic rings. The van der Waals surface area contributed by atoms with Gasteiger partial charge in [0.05, 0.1) is 4.90 Å². The number of allylic oxidation sites excluding steroid dienone is 2. The minimum atomic E-state index is -3.66. The van der Waals surface area contributed by atoms with Crippen LogP contribution in [0.25, 0.3) is 11.1 Å². The van der Waals surface area contributed by atoms with Gasteiger partial charge in [0.25, 0.3) is 0 Å². The molecule has 0 bridgehead atoms. The van der Waals surface area contributed by atoms with Gasteiger partial charge in [0.15, 0.2) is 0 Å². The molecule has 1 fully saturated rings. The molecule has 0 saturated heterocycles. The lowest BCUT2D eigenvalue weighted by Crippen LogP contribution is -2.26. The molecule has 1 spiro atoms. The number of sulfonamides is 1. The lowest BCUT2D eigenvalue weighted by atomic mass is 9.66. The van der Waals surface area contributed by atoms with E-state index >= 15 is 0 Å². The van der Waals surface area contributed by atoms with E-state index in [4.69, 9.17) is 16.7 Å². The van der Waals surface area contributed by atoms with Crippen molar-refractivity contribution in [3.8, 4) is 0 Å². The Bertz CT molecular complexity index is 940. The van der Waals surface area contributed by atoms with E-state index in [0.717, 1.165) is 23.4 Å². The molecular weight excluding hydrogens is 354 g/mol. The number of nitrogens with two attached hydrogens (primary N) is 1. The number of rotatable bonds is 3. The predicted molar refractivity (Wildman–Crippen MR) is 102 cm³/mol. The normalized spacial score (nSPS) is 19.3. The fourth-order valence-corrected chi connectivity index (χ4v) is 4.75. The van der Waals surface area contributed by atoms with Gasteiger partial charge in [-0.2, -0.15) is 0 Å². The molecule has 0 radical (unpaired) electrons. The molecule has 0 unspecified atom stereocenters. The molecule has 5 heteroatoms. The number of hydrogen-bond acceptors (Lipinski definition) is 2. The van der Waals surface area contributed by atoms with Crippen LogP contribution < -0.4 is 5.14 Å². The molecule has 3 nitrogen and oxygen atoms in total. The van der Waals surface area contributed by atoms with Crippen molar-refractivity contribution >= 4 is 32.8 Å². The molecule has 0 aromatic heterocycles. The molecule has 0 amide bonds. The second-order valence-electron chi connectivity index (χ2n) is 7.24. The van der Waals surface area contributed by atoms with E-state index in [1.54, 1.807) is 12.1 Å². The van der Waals surface area contributed by atoms with Gasteiger partial charge < -0.3 is 0 Å². The summed E-state index contributed by atoms with van der Waals surface area (Å²) in [5.41, 5.74) is 5.37. The Hall–Kier alpha value is -1.62. The predicted octanol–water partition coefficient (Wildman–Crippen LogP) is 4.86. The minimum absolute atomic E-state index is 0.154. The van der Waals surface area contributed by atoms with Crippen molar-refractivity contribution in [1.29, 1.82) is 0 Å².